The maximum atomic E-state index is 11.7. The van der Waals surface area contributed by atoms with Gasteiger partial charge in [0, 0.05) is 42.2 Å². The highest BCUT2D eigenvalue weighted by Gasteiger charge is 2.34. The van der Waals surface area contributed by atoms with E-state index in [0.29, 0.717) is 13.2 Å². The van der Waals surface area contributed by atoms with Crippen molar-refractivity contribution in [3.05, 3.63) is 60.3 Å². The van der Waals surface area contributed by atoms with Crippen LogP contribution < -0.4 is 0 Å². The number of carbonyl (C=O) groups excluding carboxylic acids is 2. The van der Waals surface area contributed by atoms with Gasteiger partial charge in [-0.25, -0.2) is 9.59 Å². The van der Waals surface area contributed by atoms with Crippen LogP contribution >= 0.6 is 0 Å². The maximum absolute atomic E-state index is 11.7. The Morgan fingerprint density at radius 2 is 1.60 bits per heavy atom. The van der Waals surface area contributed by atoms with Crippen LogP contribution in [0.3, 0.4) is 0 Å². The number of benzene rings is 1. The third-order valence-corrected chi connectivity index (χ3v) is 5.22. The van der Waals surface area contributed by atoms with E-state index in [9.17, 15) is 14.7 Å². The number of esters is 2. The highest BCUT2D eigenvalue weighted by atomic mass is 16.5. The molecule has 1 unspecified atom stereocenters. The summed E-state index contributed by atoms with van der Waals surface area (Å²) in [5.41, 5.74) is 0.867. The SMILES string of the molecule is CCOC(=O)/C=C/CC(O)(C/C=C/C(=O)OCC)C(C)c1cn(C)c2ccccc12. The van der Waals surface area contributed by atoms with Gasteiger partial charge in [-0.3, -0.25) is 0 Å². The van der Waals surface area contributed by atoms with Crippen LogP contribution in [0.5, 0.6) is 0 Å². The topological polar surface area (TPSA) is 77.8 Å². The van der Waals surface area contributed by atoms with Gasteiger partial charge in [0.1, 0.15) is 0 Å². The zero-order chi connectivity index (χ0) is 22.1. The van der Waals surface area contributed by atoms with E-state index >= 15 is 0 Å². The van der Waals surface area contributed by atoms with Crippen LogP contribution in [0, 0.1) is 0 Å². The van der Waals surface area contributed by atoms with Crippen LogP contribution in [-0.4, -0.2) is 40.4 Å². The number of carbonyl (C=O) groups is 2. The Labute approximate surface area is 177 Å². The Morgan fingerprint density at radius 1 is 1.07 bits per heavy atom. The highest BCUT2D eigenvalue weighted by molar-refractivity contribution is 5.85. The van der Waals surface area contributed by atoms with Crippen molar-refractivity contribution >= 4 is 22.8 Å². The van der Waals surface area contributed by atoms with Crippen molar-refractivity contribution in [3.63, 3.8) is 0 Å². The van der Waals surface area contributed by atoms with Crippen LogP contribution in [0.15, 0.2) is 54.8 Å². The lowest BCUT2D eigenvalue weighted by Crippen LogP contribution is -2.34. The predicted molar refractivity (Wildman–Crippen MR) is 117 cm³/mol. The summed E-state index contributed by atoms with van der Waals surface area (Å²) in [6, 6.07) is 8.02. The molecule has 0 aliphatic carbocycles. The largest absolute Gasteiger partial charge is 0.463 e. The first-order valence-electron chi connectivity index (χ1n) is 10.2. The summed E-state index contributed by atoms with van der Waals surface area (Å²) in [6.45, 7) is 6.03. The van der Waals surface area contributed by atoms with Crippen molar-refractivity contribution in [2.45, 2.75) is 45.1 Å². The summed E-state index contributed by atoms with van der Waals surface area (Å²) in [6.07, 6.45) is 8.38. The lowest BCUT2D eigenvalue weighted by molar-refractivity contribution is -0.138. The van der Waals surface area contributed by atoms with Gasteiger partial charge in [0.05, 0.1) is 18.8 Å². The summed E-state index contributed by atoms with van der Waals surface area (Å²) >= 11 is 0. The Hall–Kier alpha value is -2.86. The average Bonchev–Trinajstić information content (AvgIpc) is 3.04. The number of aryl methyl sites for hydroxylation is 1. The summed E-state index contributed by atoms with van der Waals surface area (Å²) in [5.74, 6) is -1.15. The molecule has 1 aromatic carbocycles. The minimum absolute atomic E-state index is 0.226. The molecule has 2 rings (SSSR count). The monoisotopic (exact) mass is 413 g/mol. The number of fused-ring (bicyclic) bond motifs is 1. The minimum Gasteiger partial charge on any atom is -0.463 e. The molecule has 0 saturated carbocycles. The van der Waals surface area contributed by atoms with E-state index in [0.717, 1.165) is 16.5 Å². The smallest absolute Gasteiger partial charge is 0.330 e. The molecule has 6 heteroatoms. The first-order chi connectivity index (χ1) is 14.3. The quantitative estimate of drug-likeness (QED) is 0.470. The number of hydrogen-bond donors (Lipinski definition) is 1. The average molecular weight is 414 g/mol. The van der Waals surface area contributed by atoms with Crippen LogP contribution in [0.4, 0.5) is 0 Å². The zero-order valence-corrected chi connectivity index (χ0v) is 18.1. The molecule has 6 nitrogen and oxygen atoms in total. The molecule has 2 aromatic rings. The number of para-hydroxylation sites is 1. The molecule has 1 N–H and O–H groups in total. The number of ether oxygens (including phenoxy) is 2. The number of nitrogens with zero attached hydrogens (tertiary/aromatic N) is 1. The second kappa shape index (κ2) is 10.8. The van der Waals surface area contributed by atoms with Crippen molar-refractivity contribution in [1.29, 1.82) is 0 Å². The molecular weight excluding hydrogens is 382 g/mol. The van der Waals surface area contributed by atoms with E-state index < -0.39 is 17.5 Å². The van der Waals surface area contributed by atoms with Gasteiger partial charge in [-0.1, -0.05) is 37.3 Å². The summed E-state index contributed by atoms with van der Waals surface area (Å²) in [5, 5.41) is 12.6. The molecule has 0 aliphatic rings. The molecule has 30 heavy (non-hydrogen) atoms. The van der Waals surface area contributed by atoms with Crippen molar-refractivity contribution in [1.82, 2.24) is 4.57 Å². The predicted octanol–water partition coefficient (Wildman–Crippen LogP) is 4.03. The lowest BCUT2D eigenvalue weighted by atomic mass is 9.78. The van der Waals surface area contributed by atoms with E-state index in [1.807, 2.05) is 49.0 Å². The Balaban J connectivity index is 2.32. The molecule has 162 valence electrons. The number of rotatable bonds is 10. The fourth-order valence-corrected chi connectivity index (χ4v) is 3.54. The van der Waals surface area contributed by atoms with Crippen LogP contribution in [-0.2, 0) is 26.1 Å². The molecule has 1 heterocycles. The molecular formula is C24H31NO5. The minimum atomic E-state index is -1.21. The van der Waals surface area contributed by atoms with Crippen LogP contribution in [0.25, 0.3) is 10.9 Å². The maximum Gasteiger partial charge on any atom is 0.330 e. The molecule has 1 aromatic heterocycles. The second-order valence-corrected chi connectivity index (χ2v) is 7.25. The summed E-state index contributed by atoms with van der Waals surface area (Å²) < 4.78 is 11.9. The molecule has 0 spiro atoms. The van der Waals surface area contributed by atoms with Gasteiger partial charge in [-0.05, 0) is 38.3 Å². The van der Waals surface area contributed by atoms with Gasteiger partial charge in [0.2, 0.25) is 0 Å². The van der Waals surface area contributed by atoms with Crippen molar-refractivity contribution in [3.8, 4) is 0 Å². The van der Waals surface area contributed by atoms with Gasteiger partial charge >= 0.3 is 11.9 Å². The van der Waals surface area contributed by atoms with Gasteiger partial charge < -0.3 is 19.1 Å². The Morgan fingerprint density at radius 3 is 2.13 bits per heavy atom. The van der Waals surface area contributed by atoms with Gasteiger partial charge in [0.25, 0.3) is 0 Å². The van der Waals surface area contributed by atoms with E-state index in [1.165, 1.54) is 12.2 Å². The Kier molecular flexibility index (Phi) is 8.42. The van der Waals surface area contributed by atoms with E-state index in [-0.39, 0.29) is 18.8 Å². The summed E-state index contributed by atoms with van der Waals surface area (Å²) in [7, 11) is 1.97. The first kappa shape index (κ1) is 23.4. The van der Waals surface area contributed by atoms with Crippen LogP contribution in [0.2, 0.25) is 0 Å². The fraction of sp³-hybridized carbons (Fsp3) is 0.417. The third-order valence-electron chi connectivity index (χ3n) is 5.22. The van der Waals surface area contributed by atoms with Gasteiger partial charge in [0.15, 0.2) is 0 Å². The standard InChI is InChI=1S/C24H31NO5/c1-5-29-22(26)13-9-15-24(28,16-10-14-23(27)30-6-2)18(3)20-17-25(4)21-12-8-7-11-19(20)21/h7-14,17-18,28H,5-6,15-16H2,1-4H3/b13-9+,14-10+. The van der Waals surface area contributed by atoms with Gasteiger partial charge in [-0.2, -0.15) is 0 Å². The molecule has 0 aliphatic heterocycles. The first-order valence-corrected chi connectivity index (χ1v) is 10.2. The molecule has 1 atom stereocenters. The highest BCUT2D eigenvalue weighted by Crippen LogP contribution is 2.38. The molecule has 0 amide bonds. The van der Waals surface area contributed by atoms with Crippen molar-refractivity contribution in [2.75, 3.05) is 13.2 Å². The molecule has 0 bridgehead atoms. The zero-order valence-electron chi connectivity index (χ0n) is 18.1. The lowest BCUT2D eigenvalue weighted by Gasteiger charge is -2.32. The fourth-order valence-electron chi connectivity index (χ4n) is 3.54. The molecule has 0 saturated heterocycles. The number of hydrogen-bond acceptors (Lipinski definition) is 5. The van der Waals surface area contributed by atoms with E-state index in [4.69, 9.17) is 9.47 Å². The second-order valence-electron chi connectivity index (χ2n) is 7.25. The number of aromatic nitrogens is 1. The normalized spacial score (nSPS) is 13.2. The third kappa shape index (κ3) is 5.83. The molecule has 0 radical (unpaired) electrons. The van der Waals surface area contributed by atoms with Gasteiger partial charge in [-0.15, -0.1) is 0 Å². The molecule has 0 fully saturated rings. The summed E-state index contributed by atoms with van der Waals surface area (Å²) in [4.78, 5) is 23.3. The van der Waals surface area contributed by atoms with Crippen molar-refractivity contribution in [2.24, 2.45) is 7.05 Å². The Bertz CT molecular complexity index is 895. The van der Waals surface area contributed by atoms with E-state index in [1.54, 1.807) is 26.0 Å². The van der Waals surface area contributed by atoms with Crippen LogP contribution in [0.1, 0.15) is 45.1 Å². The van der Waals surface area contributed by atoms with Crippen molar-refractivity contribution < 1.29 is 24.2 Å². The number of aliphatic hydroxyl groups is 1. The van der Waals surface area contributed by atoms with E-state index in [2.05, 4.69) is 0 Å².